The van der Waals surface area contributed by atoms with E-state index in [0.29, 0.717) is 35.1 Å². The molecule has 5 aromatic rings. The number of ether oxygens (including phenoxy) is 3. The number of aryl methyl sites for hydroxylation is 1. The third-order valence-corrected chi connectivity index (χ3v) is 13.9. The molecule has 0 radical (unpaired) electrons. The highest BCUT2D eigenvalue weighted by molar-refractivity contribution is 5.90. The summed E-state index contributed by atoms with van der Waals surface area (Å²) in [5, 5.41) is 0.669. The van der Waals surface area contributed by atoms with Crippen molar-refractivity contribution in [2.24, 2.45) is 11.8 Å². The van der Waals surface area contributed by atoms with Crippen molar-refractivity contribution in [1.29, 1.82) is 0 Å². The maximum Gasteiger partial charge on any atom is 0.336 e. The minimum Gasteiger partial charge on any atom is -0.483 e. The number of hydrogen-bond acceptors (Lipinski definition) is 7. The Morgan fingerprint density at radius 1 is 0.746 bits per heavy atom. The van der Waals surface area contributed by atoms with Gasteiger partial charge in [-0.25, -0.2) is 9.59 Å². The summed E-state index contributed by atoms with van der Waals surface area (Å²) in [7, 11) is 0. The third-order valence-electron chi connectivity index (χ3n) is 13.9. The number of esters is 2. The van der Waals surface area contributed by atoms with E-state index in [0.717, 1.165) is 62.5 Å². The molecule has 6 unspecified atom stereocenters. The summed E-state index contributed by atoms with van der Waals surface area (Å²) >= 11 is 0. The summed E-state index contributed by atoms with van der Waals surface area (Å²) in [6.45, 7) is 5.89. The first-order valence-corrected chi connectivity index (χ1v) is 21.7. The first-order chi connectivity index (χ1) is 28.6. The van der Waals surface area contributed by atoms with Gasteiger partial charge in [0.25, 0.3) is 0 Å². The molecule has 2 fully saturated rings. The lowest BCUT2D eigenvalue weighted by atomic mass is 9.68. The average molecular weight is 791 g/mol. The Morgan fingerprint density at radius 3 is 2.29 bits per heavy atom. The summed E-state index contributed by atoms with van der Waals surface area (Å²) in [4.78, 5) is 42.1. The molecule has 59 heavy (non-hydrogen) atoms. The normalized spacial score (nSPS) is 26.3. The van der Waals surface area contributed by atoms with Crippen molar-refractivity contribution in [3.8, 4) is 5.75 Å². The second-order valence-corrected chi connectivity index (χ2v) is 17.9. The number of carbonyl (C=O) groups excluding carboxylic acids is 2. The quantitative estimate of drug-likeness (QED) is 0.102. The van der Waals surface area contributed by atoms with Gasteiger partial charge in [0.1, 0.15) is 16.9 Å². The highest BCUT2D eigenvalue weighted by Gasteiger charge is 2.57. The highest BCUT2D eigenvalue weighted by atomic mass is 16.6. The zero-order valence-electron chi connectivity index (χ0n) is 34.4. The van der Waals surface area contributed by atoms with Crippen molar-refractivity contribution in [2.45, 2.75) is 121 Å². The van der Waals surface area contributed by atoms with Crippen LogP contribution in [0.25, 0.3) is 11.0 Å². The van der Waals surface area contributed by atoms with Gasteiger partial charge in [-0.2, -0.15) is 0 Å². The molecule has 0 amide bonds. The van der Waals surface area contributed by atoms with Gasteiger partial charge in [-0.05, 0) is 136 Å². The third kappa shape index (κ3) is 7.89. The van der Waals surface area contributed by atoms with E-state index in [2.05, 4.69) is 72.8 Å². The van der Waals surface area contributed by atoms with E-state index in [4.69, 9.17) is 18.6 Å². The fourth-order valence-electron chi connectivity index (χ4n) is 10.7. The predicted octanol–water partition coefficient (Wildman–Crippen LogP) is 11.3. The smallest absolute Gasteiger partial charge is 0.336 e. The van der Waals surface area contributed by atoms with Crippen LogP contribution in [0.5, 0.6) is 5.75 Å². The molecule has 6 atom stereocenters. The highest BCUT2D eigenvalue weighted by Crippen LogP contribution is 2.53. The molecule has 2 aliphatic carbocycles. The van der Waals surface area contributed by atoms with Crippen molar-refractivity contribution in [3.63, 3.8) is 0 Å². The van der Waals surface area contributed by atoms with Crippen molar-refractivity contribution in [1.82, 2.24) is 0 Å². The summed E-state index contributed by atoms with van der Waals surface area (Å²) in [5.41, 5.74) is 6.91. The van der Waals surface area contributed by atoms with Gasteiger partial charge in [0.15, 0.2) is 12.2 Å². The van der Waals surface area contributed by atoms with Gasteiger partial charge in [-0.15, -0.1) is 0 Å². The first kappa shape index (κ1) is 39.1. The average Bonchev–Trinajstić information content (AvgIpc) is 3.79. The lowest BCUT2D eigenvalue weighted by Crippen LogP contribution is -2.58. The summed E-state index contributed by atoms with van der Waals surface area (Å²) < 4.78 is 26.3. The molecule has 1 aromatic heterocycles. The van der Waals surface area contributed by atoms with E-state index < -0.39 is 29.4 Å². The Bertz CT molecular complexity index is 2440. The maximum atomic E-state index is 14.8. The standard InChI is InChI=1S/C52H54O7/c1-32(2)42-24-18-33-16-19-36(20-17-33)43-25-21-39(38-13-9-12-35(29-38)28-34-10-5-4-6-11-34)30-40(43)31-46(54)57-49-47-44(26-22-37-23-27-45(53)56-48(37)47)59-52(3,41-14-7-8-15-41)50(49)58-51(42)55/h4-6,9-13,16-17,19-20,22-23,26-27,29,39-41,43,49-50H,7-8,14-15,18,21,24-25,28,30-31H2,1-3H3. The molecule has 5 aliphatic rings. The molecule has 4 heterocycles. The van der Waals surface area contributed by atoms with Crippen molar-refractivity contribution in [3.05, 3.63) is 158 Å². The number of hydrogen-bond donors (Lipinski definition) is 0. The lowest BCUT2D eigenvalue weighted by Gasteiger charge is -2.48. The van der Waals surface area contributed by atoms with Gasteiger partial charge in [0.2, 0.25) is 0 Å². The summed E-state index contributed by atoms with van der Waals surface area (Å²) in [6.07, 6.45) is 6.85. The Kier molecular flexibility index (Phi) is 10.8. The Morgan fingerprint density at radius 2 is 1.51 bits per heavy atom. The largest absolute Gasteiger partial charge is 0.483 e. The van der Waals surface area contributed by atoms with Crippen LogP contribution in [-0.2, 0) is 31.9 Å². The maximum absolute atomic E-state index is 14.8. The fourth-order valence-corrected chi connectivity index (χ4v) is 10.7. The van der Waals surface area contributed by atoms with E-state index in [9.17, 15) is 14.4 Å². The van der Waals surface area contributed by atoms with Crippen molar-refractivity contribution in [2.75, 3.05) is 0 Å². The summed E-state index contributed by atoms with van der Waals surface area (Å²) in [5.74, 6) is 0.173. The van der Waals surface area contributed by atoms with Crippen molar-refractivity contribution >= 4 is 22.9 Å². The molecule has 7 heteroatoms. The van der Waals surface area contributed by atoms with Crippen molar-refractivity contribution < 1.29 is 28.2 Å². The molecular weight excluding hydrogens is 737 g/mol. The van der Waals surface area contributed by atoms with Gasteiger partial charge >= 0.3 is 17.6 Å². The molecule has 0 N–H and O–H groups in total. The SMILES string of the molecule is CC(C)=C1CCc2ccc(cc2)C2CCC(c3cccc(Cc4ccccc4)c3)CC2CC(=O)OC2c3c(ccc4ccc(=O)oc34)OC(C)(C3CCCC3)C2OC1=O. The summed E-state index contributed by atoms with van der Waals surface area (Å²) in [6, 6.07) is 35.1. The van der Waals surface area contributed by atoms with Gasteiger partial charge in [0, 0.05) is 29.4 Å². The number of benzene rings is 4. The van der Waals surface area contributed by atoms with Crippen LogP contribution in [0, 0.1) is 11.8 Å². The second kappa shape index (κ2) is 16.3. The Hall–Kier alpha value is -5.43. The van der Waals surface area contributed by atoms with Crippen LogP contribution < -0.4 is 10.4 Å². The van der Waals surface area contributed by atoms with Gasteiger partial charge in [0.05, 0.1) is 5.56 Å². The van der Waals surface area contributed by atoms with Crippen LogP contribution in [0.4, 0.5) is 0 Å². The zero-order valence-corrected chi connectivity index (χ0v) is 34.4. The fraction of sp³-hybridized carbons (Fsp3) is 0.404. The van der Waals surface area contributed by atoms with Crippen LogP contribution in [-0.4, -0.2) is 23.6 Å². The molecule has 0 saturated heterocycles. The van der Waals surface area contributed by atoms with E-state index in [-0.39, 0.29) is 41.6 Å². The minimum atomic E-state index is -1.06. The van der Waals surface area contributed by atoms with Crippen LogP contribution >= 0.6 is 0 Å². The van der Waals surface area contributed by atoms with E-state index in [1.807, 2.05) is 39.0 Å². The monoisotopic (exact) mass is 790 g/mol. The number of rotatable bonds is 4. The molecule has 0 spiro atoms. The van der Waals surface area contributed by atoms with Crippen LogP contribution in [0.3, 0.4) is 0 Å². The molecular formula is C52H54O7. The molecule has 4 aromatic carbocycles. The molecule has 7 nitrogen and oxygen atoms in total. The van der Waals surface area contributed by atoms with Gasteiger partial charge < -0.3 is 18.6 Å². The number of allylic oxidation sites excluding steroid dienone is 1. The van der Waals surface area contributed by atoms with Gasteiger partial charge in [-0.1, -0.05) is 97.3 Å². The first-order valence-electron chi connectivity index (χ1n) is 21.7. The Balaban J connectivity index is 1.12. The van der Waals surface area contributed by atoms with Crippen LogP contribution in [0.15, 0.2) is 123 Å². The molecule has 3 aliphatic heterocycles. The van der Waals surface area contributed by atoms with Crippen LogP contribution in [0.1, 0.15) is 130 Å². The minimum absolute atomic E-state index is 0.00189. The predicted molar refractivity (Wildman–Crippen MR) is 228 cm³/mol. The second-order valence-electron chi connectivity index (χ2n) is 17.9. The molecule has 304 valence electrons. The zero-order chi connectivity index (χ0) is 40.7. The van der Waals surface area contributed by atoms with Gasteiger partial charge in [-0.3, -0.25) is 4.79 Å². The van der Waals surface area contributed by atoms with E-state index >= 15 is 0 Å². The van der Waals surface area contributed by atoms with Crippen LogP contribution in [0.2, 0.25) is 0 Å². The van der Waals surface area contributed by atoms with E-state index in [1.54, 1.807) is 6.07 Å². The molecule has 2 bridgehead atoms. The Labute approximate surface area is 346 Å². The lowest BCUT2D eigenvalue weighted by molar-refractivity contribution is -0.199. The topological polar surface area (TPSA) is 92.0 Å². The number of carbonyl (C=O) groups is 2. The van der Waals surface area contributed by atoms with E-state index in [1.165, 1.54) is 28.3 Å². The molecule has 10 rings (SSSR count). The number of fused-ring (bicyclic) bond motifs is 11. The molecule has 2 saturated carbocycles.